The van der Waals surface area contributed by atoms with Crippen molar-refractivity contribution in [2.24, 2.45) is 4.99 Å². The summed E-state index contributed by atoms with van der Waals surface area (Å²) in [4.78, 5) is 35.6. The topological polar surface area (TPSA) is 65.5 Å². The van der Waals surface area contributed by atoms with Crippen LogP contribution in [0.4, 0.5) is 4.39 Å². The van der Waals surface area contributed by atoms with E-state index in [0.717, 1.165) is 16.0 Å². The Balaban J connectivity index is 1.57. The highest BCUT2D eigenvalue weighted by atomic mass is 32.1. The summed E-state index contributed by atoms with van der Waals surface area (Å²) in [5.41, 5.74) is 3.78. The molecule has 34 heavy (non-hydrogen) atoms. The summed E-state index contributed by atoms with van der Waals surface area (Å²) in [5.74, 6) is -0.450. The van der Waals surface area contributed by atoms with Crippen LogP contribution in [0, 0.1) is 5.82 Å². The third-order valence-corrected chi connectivity index (χ3v) is 7.46. The molecule has 7 heteroatoms. The number of hydrogen-bond acceptors (Lipinski definition) is 4. The van der Waals surface area contributed by atoms with E-state index in [2.05, 4.69) is 36.8 Å². The quantitative estimate of drug-likeness (QED) is 0.472. The van der Waals surface area contributed by atoms with E-state index in [-0.39, 0.29) is 23.4 Å². The first-order chi connectivity index (χ1) is 16.1. The predicted molar refractivity (Wildman–Crippen MR) is 137 cm³/mol. The van der Waals surface area contributed by atoms with Crippen molar-refractivity contribution < 1.29 is 9.18 Å². The van der Waals surface area contributed by atoms with E-state index >= 15 is 4.39 Å². The van der Waals surface area contributed by atoms with E-state index in [1.807, 2.05) is 19.1 Å². The standard InChI is InChI=1S/C27H28FN3O2S/c1-6-16(13-29-5)22-10-19(12-24(32)30-22)17-7-8-18(21(28)9-17)14-31-15-20-11-23(27(2,3)4)34-25(20)26(31)33/h6-13H,14-15H2,1-5H3,(H,30,32)/b16-6+,29-13-. The fourth-order valence-electron chi connectivity index (χ4n) is 4.01. The number of carbonyl (C=O) groups excluding carboxylic acids is 1. The van der Waals surface area contributed by atoms with Gasteiger partial charge in [-0.3, -0.25) is 14.6 Å². The van der Waals surface area contributed by atoms with Crippen LogP contribution in [0.25, 0.3) is 16.7 Å². The molecule has 0 saturated carbocycles. The van der Waals surface area contributed by atoms with Crippen molar-refractivity contribution in [2.45, 2.75) is 46.2 Å². The number of nitrogens with zero attached hydrogens (tertiary/aromatic N) is 2. The first-order valence-corrected chi connectivity index (χ1v) is 12.0. The minimum absolute atomic E-state index is 0.00189. The molecule has 3 aromatic rings. The van der Waals surface area contributed by atoms with Gasteiger partial charge in [0.25, 0.3) is 5.91 Å². The van der Waals surface area contributed by atoms with Gasteiger partial charge in [-0.15, -0.1) is 11.3 Å². The molecule has 1 amide bonds. The van der Waals surface area contributed by atoms with Gasteiger partial charge in [-0.2, -0.15) is 0 Å². The first kappa shape index (κ1) is 23.8. The van der Waals surface area contributed by atoms with Crippen molar-refractivity contribution in [3.05, 3.63) is 85.2 Å². The van der Waals surface area contributed by atoms with Crippen LogP contribution >= 0.6 is 11.3 Å². The number of aliphatic imine (C=N–C) groups is 1. The molecule has 0 spiro atoms. The Kier molecular flexibility index (Phi) is 6.41. The molecular formula is C27H28FN3O2S. The molecule has 176 valence electrons. The van der Waals surface area contributed by atoms with Crippen molar-refractivity contribution in [1.29, 1.82) is 0 Å². The van der Waals surface area contributed by atoms with E-state index in [9.17, 15) is 9.59 Å². The fraction of sp³-hybridized carbons (Fsp3) is 0.296. The Hall–Kier alpha value is -3.32. The van der Waals surface area contributed by atoms with Crippen molar-refractivity contribution in [3.8, 4) is 11.1 Å². The van der Waals surface area contributed by atoms with Crippen molar-refractivity contribution in [3.63, 3.8) is 0 Å². The van der Waals surface area contributed by atoms with Crippen LogP contribution in [0.5, 0.6) is 0 Å². The zero-order chi connectivity index (χ0) is 24.6. The third-order valence-electron chi connectivity index (χ3n) is 5.87. The summed E-state index contributed by atoms with van der Waals surface area (Å²) in [7, 11) is 1.66. The average molecular weight is 478 g/mol. The summed E-state index contributed by atoms with van der Waals surface area (Å²) in [6.07, 6.45) is 3.51. The molecule has 1 aliphatic rings. The zero-order valence-corrected chi connectivity index (χ0v) is 20.8. The number of aromatic nitrogens is 1. The van der Waals surface area contributed by atoms with Gasteiger partial charge in [0.15, 0.2) is 0 Å². The Labute approximate surface area is 202 Å². The van der Waals surface area contributed by atoms with Crippen LogP contribution in [-0.4, -0.2) is 29.1 Å². The van der Waals surface area contributed by atoms with Gasteiger partial charge in [0.1, 0.15) is 5.82 Å². The number of rotatable bonds is 5. The van der Waals surface area contributed by atoms with Crippen molar-refractivity contribution >= 4 is 29.0 Å². The van der Waals surface area contributed by atoms with Gasteiger partial charge in [-0.25, -0.2) is 4.39 Å². The maximum atomic E-state index is 15.1. The lowest BCUT2D eigenvalue weighted by molar-refractivity contribution is 0.0768. The molecule has 0 atom stereocenters. The molecule has 0 fully saturated rings. The van der Waals surface area contributed by atoms with E-state index in [4.69, 9.17) is 0 Å². The van der Waals surface area contributed by atoms with Crippen molar-refractivity contribution in [1.82, 2.24) is 9.88 Å². The lowest BCUT2D eigenvalue weighted by Gasteiger charge is -2.19. The molecule has 1 aliphatic heterocycles. The number of H-pyrrole nitrogens is 1. The van der Waals surface area contributed by atoms with Crippen LogP contribution in [0.2, 0.25) is 0 Å². The molecule has 2 aromatic heterocycles. The van der Waals surface area contributed by atoms with Crippen LogP contribution in [0.3, 0.4) is 0 Å². The largest absolute Gasteiger partial charge is 0.329 e. The summed E-state index contributed by atoms with van der Waals surface area (Å²) >= 11 is 1.53. The Bertz CT molecular complexity index is 1380. The van der Waals surface area contributed by atoms with E-state index in [1.165, 1.54) is 28.3 Å². The van der Waals surface area contributed by atoms with Gasteiger partial charge in [0, 0.05) is 48.4 Å². The second-order valence-electron chi connectivity index (χ2n) is 9.46. The van der Waals surface area contributed by atoms with Gasteiger partial charge >= 0.3 is 0 Å². The number of hydrogen-bond donors (Lipinski definition) is 1. The third kappa shape index (κ3) is 4.66. The van der Waals surface area contributed by atoms with Crippen LogP contribution in [0.15, 0.2) is 52.3 Å². The number of nitrogens with one attached hydrogen (secondary N) is 1. The number of halogens is 1. The van der Waals surface area contributed by atoms with Gasteiger partial charge < -0.3 is 9.88 Å². The van der Waals surface area contributed by atoms with Gasteiger partial charge in [-0.05, 0) is 47.2 Å². The van der Waals surface area contributed by atoms with Crippen molar-refractivity contribution in [2.75, 3.05) is 7.05 Å². The molecule has 4 rings (SSSR count). The number of benzene rings is 1. The maximum absolute atomic E-state index is 15.1. The summed E-state index contributed by atoms with van der Waals surface area (Å²) < 4.78 is 15.1. The number of thiophene rings is 1. The first-order valence-electron chi connectivity index (χ1n) is 11.1. The number of aromatic amines is 1. The highest BCUT2D eigenvalue weighted by Crippen LogP contribution is 2.37. The number of amides is 1. The smallest absolute Gasteiger partial charge is 0.264 e. The minimum atomic E-state index is -0.404. The molecule has 0 saturated heterocycles. The molecule has 1 aromatic carbocycles. The summed E-state index contributed by atoms with van der Waals surface area (Å²) in [6.45, 7) is 8.95. The molecule has 1 N–H and O–H groups in total. The van der Waals surface area contributed by atoms with Gasteiger partial charge in [0.05, 0.1) is 10.6 Å². The number of carbonyl (C=O) groups is 1. The molecule has 0 unspecified atom stereocenters. The number of allylic oxidation sites excluding steroid dienone is 2. The minimum Gasteiger partial charge on any atom is -0.329 e. The van der Waals surface area contributed by atoms with Crippen LogP contribution in [0.1, 0.15) is 59.1 Å². The Morgan fingerprint density at radius 3 is 2.56 bits per heavy atom. The fourth-order valence-corrected chi connectivity index (χ4v) is 5.21. The molecule has 0 aliphatic carbocycles. The second-order valence-corrected chi connectivity index (χ2v) is 10.5. The summed E-state index contributed by atoms with van der Waals surface area (Å²) in [5, 5.41) is 0. The predicted octanol–water partition coefficient (Wildman–Crippen LogP) is 5.80. The van der Waals surface area contributed by atoms with Gasteiger partial charge in [-0.1, -0.05) is 39.0 Å². The van der Waals surface area contributed by atoms with E-state index < -0.39 is 5.82 Å². The molecule has 5 nitrogen and oxygen atoms in total. The average Bonchev–Trinajstić information content (AvgIpc) is 3.32. The van der Waals surface area contributed by atoms with Crippen LogP contribution < -0.4 is 5.56 Å². The molecule has 0 bridgehead atoms. The SMILES string of the molecule is C/C=C(\C=N/C)c1cc(-c2ccc(CN3Cc4cc(C(C)(C)C)sc4C3=O)c(F)c2)cc(=O)[nH]1. The Morgan fingerprint density at radius 2 is 1.94 bits per heavy atom. The maximum Gasteiger partial charge on any atom is 0.264 e. The molecule has 0 radical (unpaired) electrons. The number of fused-ring (bicyclic) bond motifs is 1. The zero-order valence-electron chi connectivity index (χ0n) is 20.0. The normalized spacial score (nSPS) is 14.4. The second kappa shape index (κ2) is 9.14. The monoisotopic (exact) mass is 477 g/mol. The Morgan fingerprint density at radius 1 is 1.18 bits per heavy atom. The highest BCUT2D eigenvalue weighted by molar-refractivity contribution is 7.14. The highest BCUT2D eigenvalue weighted by Gasteiger charge is 2.32. The lowest BCUT2D eigenvalue weighted by atomic mass is 9.94. The molecule has 3 heterocycles. The lowest BCUT2D eigenvalue weighted by Crippen LogP contribution is -2.24. The molecular weight excluding hydrogens is 449 g/mol. The van der Waals surface area contributed by atoms with E-state index in [0.29, 0.717) is 28.9 Å². The number of pyridine rings is 1. The van der Waals surface area contributed by atoms with E-state index in [1.54, 1.807) is 30.3 Å². The van der Waals surface area contributed by atoms with Gasteiger partial charge in [0.2, 0.25) is 5.56 Å². The summed E-state index contributed by atoms with van der Waals surface area (Å²) in [6, 6.07) is 10.3. The van der Waals surface area contributed by atoms with Crippen LogP contribution in [-0.2, 0) is 18.5 Å².